The summed E-state index contributed by atoms with van der Waals surface area (Å²) in [5, 5.41) is 15.6. The van der Waals surface area contributed by atoms with Crippen LogP contribution in [-0.4, -0.2) is 82.7 Å². The lowest BCUT2D eigenvalue weighted by molar-refractivity contribution is -0.117. The molecular weight excluding hydrogens is 582 g/mol. The van der Waals surface area contributed by atoms with E-state index < -0.39 is 37.7 Å². The highest BCUT2D eigenvalue weighted by molar-refractivity contribution is 7.90. The molecule has 0 aliphatic carbocycles. The van der Waals surface area contributed by atoms with Crippen LogP contribution in [0.5, 0.6) is 5.75 Å². The van der Waals surface area contributed by atoms with E-state index in [1.165, 1.54) is 22.5 Å². The van der Waals surface area contributed by atoms with Gasteiger partial charge < -0.3 is 19.9 Å². The second-order valence-corrected chi connectivity index (χ2v) is 14.4. The van der Waals surface area contributed by atoms with Gasteiger partial charge in [-0.25, -0.2) is 21.6 Å². The number of benzene rings is 3. The third-order valence-electron chi connectivity index (χ3n) is 7.68. The van der Waals surface area contributed by atoms with Crippen LogP contribution in [0.1, 0.15) is 26.2 Å². The molecule has 2 saturated heterocycles. The first-order valence-corrected chi connectivity index (χ1v) is 16.7. The second kappa shape index (κ2) is 12.3. The fourth-order valence-electron chi connectivity index (χ4n) is 5.47. The molecule has 3 aromatic carbocycles. The molecule has 0 saturated carbocycles. The first kappa shape index (κ1) is 30.4. The molecule has 3 aromatic rings. The Balaban J connectivity index is 1.08. The third kappa shape index (κ3) is 6.93. The summed E-state index contributed by atoms with van der Waals surface area (Å²) < 4.78 is 66.2. The van der Waals surface area contributed by atoms with Crippen LogP contribution in [0.3, 0.4) is 0 Å². The maximum atomic E-state index is 13.3. The van der Waals surface area contributed by atoms with Gasteiger partial charge in [-0.15, -0.1) is 0 Å². The highest BCUT2D eigenvalue weighted by atomic mass is 32.2. The number of aliphatic hydroxyl groups is 1. The Bertz CT molecular complexity index is 1650. The highest BCUT2D eigenvalue weighted by Crippen LogP contribution is 2.37. The summed E-state index contributed by atoms with van der Waals surface area (Å²) in [5.41, 5.74) is -0.408. The van der Waals surface area contributed by atoms with Crippen molar-refractivity contribution < 1.29 is 36.2 Å². The highest BCUT2D eigenvalue weighted by Gasteiger charge is 2.44. The quantitative estimate of drug-likeness (QED) is 0.310. The summed E-state index contributed by atoms with van der Waals surface area (Å²) in [5.74, 6) is -0.453. The molecule has 5 rings (SSSR count). The lowest BCUT2D eigenvalue weighted by Gasteiger charge is -2.38. The Morgan fingerprint density at radius 2 is 1.76 bits per heavy atom. The number of piperidine rings is 1. The van der Waals surface area contributed by atoms with Crippen molar-refractivity contribution >= 4 is 36.7 Å². The molecule has 3 N–H and O–H groups in total. The molecule has 2 unspecified atom stereocenters. The summed E-state index contributed by atoms with van der Waals surface area (Å²) >= 11 is 0. The zero-order chi connectivity index (χ0) is 30.0. The number of ether oxygens (including phenoxy) is 2. The van der Waals surface area contributed by atoms with Gasteiger partial charge in [0.2, 0.25) is 15.9 Å². The number of nitrogens with one attached hydrogen (secondary N) is 2. The minimum atomic E-state index is -3.99. The summed E-state index contributed by atoms with van der Waals surface area (Å²) in [6.07, 6.45) is 1.00. The molecule has 2 fully saturated rings. The first-order valence-electron chi connectivity index (χ1n) is 13.8. The number of rotatable bonds is 10. The molecule has 0 aromatic heterocycles. The molecule has 2 aliphatic rings. The Morgan fingerprint density at radius 1 is 1.02 bits per heavy atom. The number of carbonyl (C=O) groups is 1. The van der Waals surface area contributed by atoms with Crippen LogP contribution in [0, 0.1) is 0 Å². The minimum Gasteiger partial charge on any atom is -0.491 e. The third-order valence-corrected chi connectivity index (χ3v) is 11.0. The van der Waals surface area contributed by atoms with Crippen molar-refractivity contribution in [3.05, 3.63) is 66.7 Å². The van der Waals surface area contributed by atoms with E-state index in [1.807, 2.05) is 35.1 Å². The number of hydrogen-bond donors (Lipinski definition) is 3. The topological polar surface area (TPSA) is 151 Å². The van der Waals surface area contributed by atoms with Gasteiger partial charge in [0, 0.05) is 38.7 Å². The summed E-state index contributed by atoms with van der Waals surface area (Å²) in [4.78, 5) is 11.3. The van der Waals surface area contributed by atoms with E-state index in [1.54, 1.807) is 18.2 Å². The normalized spacial score (nSPS) is 20.0. The van der Waals surface area contributed by atoms with Gasteiger partial charge >= 0.3 is 0 Å². The molecule has 0 radical (unpaired) electrons. The van der Waals surface area contributed by atoms with Gasteiger partial charge in [0.05, 0.1) is 22.0 Å². The van der Waals surface area contributed by atoms with Crippen LogP contribution in [0.25, 0.3) is 10.8 Å². The van der Waals surface area contributed by atoms with Gasteiger partial charge in [-0.05, 0) is 54.3 Å². The van der Waals surface area contributed by atoms with E-state index in [9.17, 15) is 26.7 Å². The van der Waals surface area contributed by atoms with E-state index in [2.05, 4.69) is 5.32 Å². The SMILES string of the molecule is CC(=O)NS(=O)(=O)c1cccc(OCC(O)CNC2COC3(CCN(S(=O)(=O)c4ccc5ccccc5c4)CC3)C2)c1. The van der Waals surface area contributed by atoms with Crippen LogP contribution in [0.2, 0.25) is 0 Å². The van der Waals surface area contributed by atoms with E-state index in [-0.39, 0.29) is 29.8 Å². The van der Waals surface area contributed by atoms with Gasteiger partial charge in [0.1, 0.15) is 18.5 Å². The Morgan fingerprint density at radius 3 is 2.50 bits per heavy atom. The van der Waals surface area contributed by atoms with E-state index in [4.69, 9.17) is 9.47 Å². The maximum absolute atomic E-state index is 13.3. The largest absolute Gasteiger partial charge is 0.491 e. The predicted molar refractivity (Wildman–Crippen MR) is 156 cm³/mol. The van der Waals surface area contributed by atoms with Gasteiger partial charge in [0.15, 0.2) is 0 Å². The van der Waals surface area contributed by atoms with Crippen molar-refractivity contribution in [2.45, 2.75) is 53.7 Å². The molecule has 2 heterocycles. The number of hydrogen-bond acceptors (Lipinski definition) is 9. The Labute approximate surface area is 245 Å². The van der Waals surface area contributed by atoms with Crippen molar-refractivity contribution in [2.24, 2.45) is 0 Å². The molecule has 226 valence electrons. The van der Waals surface area contributed by atoms with Crippen molar-refractivity contribution in [2.75, 3.05) is 32.8 Å². The van der Waals surface area contributed by atoms with Gasteiger partial charge in [0.25, 0.3) is 10.0 Å². The minimum absolute atomic E-state index is 0.00517. The molecular formula is C29H35N3O8S2. The number of sulfonamides is 2. The number of fused-ring (bicyclic) bond motifs is 1. The van der Waals surface area contributed by atoms with E-state index >= 15 is 0 Å². The molecule has 1 spiro atoms. The number of aliphatic hydroxyl groups excluding tert-OH is 1. The van der Waals surface area contributed by atoms with Gasteiger partial charge in [-0.2, -0.15) is 4.31 Å². The van der Waals surface area contributed by atoms with Crippen molar-refractivity contribution in [1.29, 1.82) is 0 Å². The van der Waals surface area contributed by atoms with E-state index in [0.29, 0.717) is 43.9 Å². The number of amides is 1. The predicted octanol–water partition coefficient (Wildman–Crippen LogP) is 2.01. The van der Waals surface area contributed by atoms with Crippen LogP contribution in [0.4, 0.5) is 0 Å². The monoisotopic (exact) mass is 617 g/mol. The number of nitrogens with zero attached hydrogens (tertiary/aromatic N) is 1. The summed E-state index contributed by atoms with van der Waals surface area (Å²) in [6.45, 7) is 2.46. The molecule has 2 aliphatic heterocycles. The van der Waals surface area contributed by atoms with Crippen molar-refractivity contribution in [3.8, 4) is 5.75 Å². The smallest absolute Gasteiger partial charge is 0.264 e. The van der Waals surface area contributed by atoms with Gasteiger partial charge in [-0.3, -0.25) is 4.79 Å². The molecule has 0 bridgehead atoms. The zero-order valence-electron chi connectivity index (χ0n) is 23.2. The molecule has 13 heteroatoms. The standard InChI is InChI=1S/C29H35N3O8S2/c1-21(33)31-41(35,36)27-8-4-7-26(16-27)39-20-25(34)18-30-24-17-29(40-19-24)11-13-32(14-12-29)42(37,38)28-10-9-22-5-2-3-6-23(22)15-28/h2-10,15-16,24-25,30,34H,11-14,17-20H2,1H3,(H,31,33). The average Bonchev–Trinajstić information content (AvgIpc) is 3.36. The van der Waals surface area contributed by atoms with Crippen LogP contribution in [-0.2, 0) is 29.6 Å². The lowest BCUT2D eigenvalue weighted by atomic mass is 9.88. The van der Waals surface area contributed by atoms with Crippen molar-refractivity contribution in [1.82, 2.24) is 14.3 Å². The Kier molecular flexibility index (Phi) is 8.88. The molecule has 1 amide bonds. The number of carbonyl (C=O) groups excluding carboxylic acids is 1. The fourth-order valence-corrected chi connectivity index (χ4v) is 7.97. The van der Waals surface area contributed by atoms with E-state index in [0.717, 1.165) is 17.7 Å². The molecule has 11 nitrogen and oxygen atoms in total. The maximum Gasteiger partial charge on any atom is 0.264 e. The first-order chi connectivity index (χ1) is 20.0. The second-order valence-electron chi connectivity index (χ2n) is 10.8. The zero-order valence-corrected chi connectivity index (χ0v) is 24.9. The summed E-state index contributed by atoms with van der Waals surface area (Å²) in [7, 11) is -7.61. The van der Waals surface area contributed by atoms with Gasteiger partial charge in [-0.1, -0.05) is 36.4 Å². The lowest BCUT2D eigenvalue weighted by Crippen LogP contribution is -2.47. The Hall–Kier alpha value is -3.07. The molecule has 42 heavy (non-hydrogen) atoms. The summed E-state index contributed by atoms with van der Waals surface area (Å²) in [6, 6.07) is 18.6. The van der Waals surface area contributed by atoms with Crippen LogP contribution < -0.4 is 14.8 Å². The fraction of sp³-hybridized carbons (Fsp3) is 0.414. The van der Waals surface area contributed by atoms with Crippen LogP contribution in [0.15, 0.2) is 76.5 Å². The van der Waals surface area contributed by atoms with Crippen LogP contribution >= 0.6 is 0 Å². The van der Waals surface area contributed by atoms with Crippen molar-refractivity contribution in [3.63, 3.8) is 0 Å². The molecule has 2 atom stereocenters. The average molecular weight is 618 g/mol.